The lowest BCUT2D eigenvalue weighted by Crippen LogP contribution is -2.47. The van der Waals surface area contributed by atoms with E-state index < -0.39 is 18.0 Å². The van der Waals surface area contributed by atoms with Gasteiger partial charge in [0.2, 0.25) is 41.4 Å². The van der Waals surface area contributed by atoms with E-state index in [1.165, 1.54) is 95.8 Å². The molecule has 0 radical (unpaired) electrons. The first-order valence-corrected chi connectivity index (χ1v) is 57.8. The molecule has 0 spiro atoms. The van der Waals surface area contributed by atoms with Crippen molar-refractivity contribution >= 4 is 65.2 Å². The maximum Gasteiger partial charge on any atom is 0.305 e. The molecule has 0 unspecified atom stereocenters. The second-order valence-electron chi connectivity index (χ2n) is 38.1. The molecule has 28 heteroatoms. The Morgan fingerprint density at radius 3 is 0.795 bits per heavy atom. The van der Waals surface area contributed by atoms with Gasteiger partial charge in [-0.05, 0) is 218 Å². The average molecular weight is 2060 g/mol. The molecule has 6 N–H and O–H groups in total. The normalized spacial score (nSPS) is 12.2. The minimum atomic E-state index is -0.903. The fourth-order valence-corrected chi connectivity index (χ4v) is 15.8. The minimum Gasteiger partial charge on any atom is -0.464 e. The van der Waals surface area contributed by atoms with Crippen LogP contribution in [0.1, 0.15) is 427 Å². The van der Waals surface area contributed by atoms with Crippen LogP contribution in [-0.2, 0) is 95.4 Å². The lowest BCUT2D eigenvalue weighted by Gasteiger charge is -2.23. The first kappa shape index (κ1) is 138. The molecule has 0 aromatic heterocycles. The molecule has 0 heterocycles. The molecule has 7 amide bonds. The Labute approximate surface area is 885 Å². The summed E-state index contributed by atoms with van der Waals surface area (Å²) >= 11 is 0. The fourth-order valence-electron chi connectivity index (χ4n) is 15.8. The van der Waals surface area contributed by atoms with Crippen LogP contribution in [-0.4, -0.2) is 239 Å². The van der Waals surface area contributed by atoms with Gasteiger partial charge in [0, 0.05) is 98.2 Å². The van der Waals surface area contributed by atoms with Crippen molar-refractivity contribution in [3.8, 4) is 0 Å². The zero-order chi connectivity index (χ0) is 106. The number of allylic oxidation sites excluding steroid dienone is 16. The molecule has 0 aromatic rings. The van der Waals surface area contributed by atoms with Crippen molar-refractivity contribution < 1.29 is 95.4 Å². The van der Waals surface area contributed by atoms with Crippen LogP contribution in [0.5, 0.6) is 0 Å². The number of esters is 4. The number of nitrogens with one attached hydrogen (secondary N) is 6. The van der Waals surface area contributed by atoms with Gasteiger partial charge < -0.3 is 84.3 Å². The van der Waals surface area contributed by atoms with E-state index in [-0.39, 0.29) is 151 Å². The van der Waals surface area contributed by atoms with Crippen molar-refractivity contribution in [2.45, 2.75) is 439 Å². The van der Waals surface area contributed by atoms with Gasteiger partial charge in [0.1, 0.15) is 32.5 Å². The summed E-state index contributed by atoms with van der Waals surface area (Å²) in [5, 5.41) is 17.7. The summed E-state index contributed by atoms with van der Waals surface area (Å²) in [6, 6.07) is -1.44. The highest BCUT2D eigenvalue weighted by Gasteiger charge is 2.25. The fraction of sp³-hybridized carbons (Fsp3) is 0.771. The molecule has 0 aliphatic rings. The lowest BCUT2D eigenvalue weighted by atomic mass is 10.1. The highest BCUT2D eigenvalue weighted by Crippen LogP contribution is 2.17. The Kier molecular flexibility index (Phi) is 105. The average Bonchev–Trinajstić information content (AvgIpc) is 0.895. The van der Waals surface area contributed by atoms with Gasteiger partial charge in [0.25, 0.3) is 0 Å². The first-order chi connectivity index (χ1) is 71.5. The third-order valence-corrected chi connectivity index (χ3v) is 24.6. The molecule has 0 rings (SSSR count). The van der Waals surface area contributed by atoms with Crippen LogP contribution in [0.15, 0.2) is 97.2 Å². The molecule has 0 aromatic carbocycles. The molecule has 2 atom stereocenters. The summed E-state index contributed by atoms with van der Waals surface area (Å²) in [5.41, 5.74) is 0. The SMILES string of the molecule is CCCCC/C=C\C/C=C\CCCCCCCC(=O)OCCN(CCOC(=O)CCCCCCC/C=C\C/C=C\CCCCC)C(=O)CCCN[C@@H](CCCCNC(C)=O)C(=O)NCCCOCCOCCOCCOCCOCCCNC(=O)[C@H](CCCCNC(C)=O)NC(=O)CCC(=O)N(CCOC(=O)CCCCCCC/C=C\C/C=C\CCCCC)CCOC(=O)CCCCCCC/C=C\C/C=C\CCCCC. The van der Waals surface area contributed by atoms with Crippen LogP contribution in [0.3, 0.4) is 0 Å². The minimum absolute atomic E-state index is 0.0314. The molecule has 0 aliphatic heterocycles. The maximum atomic E-state index is 13.9. The van der Waals surface area contributed by atoms with Crippen LogP contribution in [0.25, 0.3) is 0 Å². The van der Waals surface area contributed by atoms with Crippen molar-refractivity contribution in [3.63, 3.8) is 0 Å². The van der Waals surface area contributed by atoms with Crippen LogP contribution in [0.4, 0.5) is 0 Å². The van der Waals surface area contributed by atoms with Gasteiger partial charge in [0.05, 0.1) is 85.1 Å². The monoisotopic (exact) mass is 2060 g/mol. The second kappa shape index (κ2) is 111. The van der Waals surface area contributed by atoms with Gasteiger partial charge in [-0.25, -0.2) is 0 Å². The van der Waals surface area contributed by atoms with Gasteiger partial charge in [0.15, 0.2) is 0 Å². The molecule has 28 nitrogen and oxygen atoms in total. The van der Waals surface area contributed by atoms with E-state index in [1.54, 1.807) is 4.90 Å². The quantitative estimate of drug-likeness (QED) is 0.0143. The van der Waals surface area contributed by atoms with Gasteiger partial charge in [-0.15, -0.1) is 0 Å². The third-order valence-electron chi connectivity index (χ3n) is 24.6. The standard InChI is InChI=1S/C118H208N8O20/c1-7-11-15-19-23-27-31-35-39-43-47-51-55-59-63-77-113(132)143-94-88-125(89-95-144-114(133)78-64-60-56-52-48-44-40-36-32-28-24-20-16-12-8-2)111(130)76-71-85-121-108(74-67-69-83-119-106(5)127)117(136)122-86-72-92-138-98-100-140-102-104-142-105-103-141-101-99-139-93-73-87-123-118(137)109(75-68-70-84-120-107(6)128)124-110(129)81-82-112(131)126(90-96-145-115(134)79-65-61-57-53-49-45-41-37-33-29-25-21-17-13-9-3)91-97-146-116(135)80-66-62-58-54-50-46-42-38-34-30-26-22-18-14-10-4/h23-30,35-42,108-109,121H,7-22,31-34,43-105H2,1-6H3,(H,119,127)(H,120,128)(H,122,136)(H,123,137)(H,124,129)/b27-23-,28-24-,29-25-,30-26-,39-35-,40-36-,41-37-,42-38-/t108-,109-/m0/s1. The molecular weight excluding hydrogens is 1850 g/mol. The molecule has 0 bridgehead atoms. The number of rotatable bonds is 109. The highest BCUT2D eigenvalue weighted by atomic mass is 16.6. The van der Waals surface area contributed by atoms with Crippen molar-refractivity contribution in [2.24, 2.45) is 0 Å². The van der Waals surface area contributed by atoms with E-state index in [0.717, 1.165) is 193 Å². The lowest BCUT2D eigenvalue weighted by molar-refractivity contribution is -0.148. The zero-order valence-electron chi connectivity index (χ0n) is 92.6. The number of hydrogen-bond acceptors (Lipinski definition) is 21. The molecule has 840 valence electrons. The van der Waals surface area contributed by atoms with Gasteiger partial charge >= 0.3 is 23.9 Å². The van der Waals surface area contributed by atoms with Crippen molar-refractivity contribution in [2.75, 3.05) is 151 Å². The zero-order valence-corrected chi connectivity index (χ0v) is 92.6. The van der Waals surface area contributed by atoms with Crippen LogP contribution < -0.4 is 31.9 Å². The summed E-state index contributed by atoms with van der Waals surface area (Å²) in [6.07, 6.45) is 89.2. The van der Waals surface area contributed by atoms with E-state index in [0.29, 0.717) is 176 Å². The number of unbranched alkanes of at least 4 members (excludes halogenated alkanes) is 34. The molecule has 0 saturated carbocycles. The summed E-state index contributed by atoms with van der Waals surface area (Å²) in [5.74, 6) is -3.18. The predicted molar refractivity (Wildman–Crippen MR) is 591 cm³/mol. The first-order valence-electron chi connectivity index (χ1n) is 57.8. The molecule has 0 saturated heterocycles. The largest absolute Gasteiger partial charge is 0.464 e. The number of carbonyl (C=O) groups excluding carboxylic acids is 11. The summed E-state index contributed by atoms with van der Waals surface area (Å²) in [6.45, 7) is 17.7. The van der Waals surface area contributed by atoms with E-state index in [4.69, 9.17) is 42.6 Å². The third kappa shape index (κ3) is 102. The summed E-state index contributed by atoms with van der Waals surface area (Å²) in [4.78, 5) is 146. The van der Waals surface area contributed by atoms with Crippen LogP contribution in [0, 0.1) is 0 Å². The number of hydrogen-bond donors (Lipinski definition) is 6. The smallest absolute Gasteiger partial charge is 0.305 e. The topological polar surface area (TPSA) is 349 Å². The van der Waals surface area contributed by atoms with Gasteiger partial charge in [-0.1, -0.05) is 253 Å². The molecular formula is C118H208N8O20. The van der Waals surface area contributed by atoms with Crippen molar-refractivity contribution in [3.05, 3.63) is 97.2 Å². The van der Waals surface area contributed by atoms with Crippen molar-refractivity contribution in [1.29, 1.82) is 0 Å². The Bertz CT molecular complexity index is 3270. The highest BCUT2D eigenvalue weighted by molar-refractivity contribution is 5.89. The van der Waals surface area contributed by atoms with Crippen LogP contribution >= 0.6 is 0 Å². The molecule has 146 heavy (non-hydrogen) atoms. The van der Waals surface area contributed by atoms with Gasteiger partial charge in [-0.3, -0.25) is 52.7 Å². The number of nitrogens with zero attached hydrogens (tertiary/aromatic N) is 2. The molecule has 0 fully saturated rings. The van der Waals surface area contributed by atoms with E-state index in [1.807, 2.05) is 0 Å². The van der Waals surface area contributed by atoms with Gasteiger partial charge in [-0.2, -0.15) is 0 Å². The van der Waals surface area contributed by atoms with E-state index >= 15 is 0 Å². The number of ether oxygens (including phenoxy) is 9. The van der Waals surface area contributed by atoms with E-state index in [9.17, 15) is 52.7 Å². The van der Waals surface area contributed by atoms with E-state index in [2.05, 4.69) is 157 Å². The number of carbonyl (C=O) groups is 11. The Morgan fingerprint density at radius 2 is 0.493 bits per heavy atom. The summed E-state index contributed by atoms with van der Waals surface area (Å²) < 4.78 is 51.0. The Balaban J connectivity index is 5.15. The van der Waals surface area contributed by atoms with Crippen LogP contribution in [0.2, 0.25) is 0 Å². The molecule has 0 aliphatic carbocycles. The number of amides is 7. The summed E-state index contributed by atoms with van der Waals surface area (Å²) in [7, 11) is 0. The maximum absolute atomic E-state index is 13.9. The van der Waals surface area contributed by atoms with Crippen molar-refractivity contribution in [1.82, 2.24) is 41.7 Å². The second-order valence-corrected chi connectivity index (χ2v) is 38.1. The Hall–Kier alpha value is -8.15. The predicted octanol–water partition coefficient (Wildman–Crippen LogP) is 22.8. The Morgan fingerprint density at radius 1 is 0.233 bits per heavy atom.